The van der Waals surface area contributed by atoms with Gasteiger partial charge < -0.3 is 9.26 Å². The molecule has 9 nitrogen and oxygen atoms in total. The maximum atomic E-state index is 12.8. The Morgan fingerprint density at radius 1 is 1.13 bits per heavy atom. The van der Waals surface area contributed by atoms with Gasteiger partial charge in [-0.25, -0.2) is 0 Å². The van der Waals surface area contributed by atoms with Gasteiger partial charge in [0.25, 0.3) is 11.4 Å². The molecule has 12 heteroatoms. The van der Waals surface area contributed by atoms with Crippen molar-refractivity contribution in [2.75, 3.05) is 0 Å². The van der Waals surface area contributed by atoms with Crippen LogP contribution < -0.4 is 5.56 Å². The zero-order valence-electron chi connectivity index (χ0n) is 15.5. The molecule has 0 aliphatic rings. The minimum atomic E-state index is -4.51. The first-order valence-corrected chi connectivity index (χ1v) is 8.79. The number of benzene rings is 2. The van der Waals surface area contributed by atoms with Crippen molar-refractivity contribution in [3.63, 3.8) is 0 Å². The monoisotopic (exact) mass is 431 g/mol. The van der Waals surface area contributed by atoms with Gasteiger partial charge in [0.2, 0.25) is 5.82 Å². The first kappa shape index (κ1) is 20.2. The van der Waals surface area contributed by atoms with E-state index in [0.717, 1.165) is 16.8 Å². The lowest BCUT2D eigenvalue weighted by Crippen LogP contribution is -2.28. The first-order chi connectivity index (χ1) is 14.8. The molecule has 0 spiro atoms. The first-order valence-electron chi connectivity index (χ1n) is 8.79. The van der Waals surface area contributed by atoms with Crippen LogP contribution in [-0.4, -0.2) is 31.1 Å². The van der Waals surface area contributed by atoms with Gasteiger partial charge in [-0.3, -0.25) is 9.59 Å². The fourth-order valence-corrected chi connectivity index (χ4v) is 2.70. The van der Waals surface area contributed by atoms with Crippen molar-refractivity contribution in [2.45, 2.75) is 19.3 Å². The van der Waals surface area contributed by atoms with Crippen LogP contribution in [0.5, 0.6) is 0 Å². The Kier molecular flexibility index (Phi) is 5.19. The van der Waals surface area contributed by atoms with E-state index in [0.29, 0.717) is 10.9 Å². The van der Waals surface area contributed by atoms with E-state index in [4.69, 9.17) is 9.26 Å². The van der Waals surface area contributed by atoms with E-state index in [2.05, 4.69) is 20.5 Å². The standard InChI is InChI=1S/C19H12F3N5O4/c20-19(21,22)12-5-3-4-11(8-12)17-23-15(31-25-17)10-30-16(28)9-27-18(29)13-6-1-2-7-14(13)24-26-27/h1-8H,9-10H2. The van der Waals surface area contributed by atoms with E-state index in [1.807, 2.05) is 0 Å². The van der Waals surface area contributed by atoms with Crippen molar-refractivity contribution in [2.24, 2.45) is 0 Å². The molecular weight excluding hydrogens is 419 g/mol. The third kappa shape index (κ3) is 4.42. The lowest BCUT2D eigenvalue weighted by atomic mass is 10.1. The highest BCUT2D eigenvalue weighted by atomic mass is 19.4. The maximum absolute atomic E-state index is 12.8. The summed E-state index contributed by atoms with van der Waals surface area (Å²) in [5, 5.41) is 11.4. The number of halogens is 3. The zero-order valence-corrected chi connectivity index (χ0v) is 15.5. The second-order valence-corrected chi connectivity index (χ2v) is 6.32. The molecule has 0 aliphatic carbocycles. The molecule has 4 rings (SSSR count). The van der Waals surface area contributed by atoms with Gasteiger partial charge in [-0.1, -0.05) is 34.6 Å². The minimum absolute atomic E-state index is 0.0891. The molecule has 0 amide bonds. The summed E-state index contributed by atoms with van der Waals surface area (Å²) in [6.07, 6.45) is -4.51. The smallest absolute Gasteiger partial charge is 0.416 e. The largest absolute Gasteiger partial charge is 0.454 e. The number of alkyl halides is 3. The molecule has 2 aromatic carbocycles. The fraction of sp³-hybridized carbons (Fsp3) is 0.158. The van der Waals surface area contributed by atoms with Crippen LogP contribution in [0.3, 0.4) is 0 Å². The Morgan fingerprint density at radius 3 is 2.74 bits per heavy atom. The number of rotatable bonds is 5. The molecular formula is C19H12F3N5O4. The second-order valence-electron chi connectivity index (χ2n) is 6.32. The second kappa shape index (κ2) is 7.97. The van der Waals surface area contributed by atoms with E-state index < -0.39 is 36.4 Å². The lowest BCUT2D eigenvalue weighted by molar-refractivity contribution is -0.146. The summed E-state index contributed by atoms with van der Waals surface area (Å²) in [5.41, 5.74) is -0.879. The number of nitrogens with zero attached hydrogens (tertiary/aromatic N) is 5. The van der Waals surface area contributed by atoms with Crippen molar-refractivity contribution in [1.82, 2.24) is 25.1 Å². The van der Waals surface area contributed by atoms with Crippen LogP contribution in [0.1, 0.15) is 11.5 Å². The van der Waals surface area contributed by atoms with Crippen molar-refractivity contribution in [3.8, 4) is 11.4 Å². The molecule has 0 fully saturated rings. The Labute approximate surface area is 171 Å². The van der Waals surface area contributed by atoms with Crippen molar-refractivity contribution in [1.29, 1.82) is 0 Å². The lowest BCUT2D eigenvalue weighted by Gasteiger charge is -2.06. The Hall–Kier alpha value is -4.09. The van der Waals surface area contributed by atoms with Crippen LogP contribution >= 0.6 is 0 Å². The maximum Gasteiger partial charge on any atom is 0.416 e. The Bertz CT molecular complexity index is 1320. The molecule has 0 saturated heterocycles. The molecule has 4 aromatic rings. The van der Waals surface area contributed by atoms with Gasteiger partial charge in [-0.05, 0) is 24.3 Å². The van der Waals surface area contributed by atoms with E-state index in [9.17, 15) is 22.8 Å². The summed E-state index contributed by atoms with van der Waals surface area (Å²) in [6.45, 7) is -0.925. The van der Waals surface area contributed by atoms with Gasteiger partial charge in [0.15, 0.2) is 6.61 Å². The van der Waals surface area contributed by atoms with Crippen LogP contribution in [0.25, 0.3) is 22.3 Å². The highest BCUT2D eigenvalue weighted by Crippen LogP contribution is 2.31. The Morgan fingerprint density at radius 2 is 1.94 bits per heavy atom. The fourth-order valence-electron chi connectivity index (χ4n) is 2.70. The number of ether oxygens (including phenoxy) is 1. The van der Waals surface area contributed by atoms with Gasteiger partial charge in [-0.15, -0.1) is 5.10 Å². The van der Waals surface area contributed by atoms with Crippen molar-refractivity contribution < 1.29 is 27.2 Å². The molecule has 0 N–H and O–H groups in total. The number of carbonyl (C=O) groups is 1. The molecule has 31 heavy (non-hydrogen) atoms. The summed E-state index contributed by atoms with van der Waals surface area (Å²) < 4.78 is 49.3. The predicted octanol–water partition coefficient (Wildman–Crippen LogP) is 2.60. The molecule has 0 atom stereocenters. The number of hydrogen-bond acceptors (Lipinski definition) is 8. The zero-order chi connectivity index (χ0) is 22.0. The molecule has 2 aromatic heterocycles. The van der Waals surface area contributed by atoms with Crippen molar-refractivity contribution >= 4 is 16.9 Å². The Balaban J connectivity index is 1.42. The number of fused-ring (bicyclic) bond motifs is 1. The third-order valence-corrected chi connectivity index (χ3v) is 4.18. The predicted molar refractivity (Wildman–Crippen MR) is 98.3 cm³/mol. The highest BCUT2D eigenvalue weighted by Gasteiger charge is 2.30. The van der Waals surface area contributed by atoms with Gasteiger partial charge in [-0.2, -0.15) is 22.8 Å². The summed E-state index contributed by atoms with van der Waals surface area (Å²) in [4.78, 5) is 28.3. The van der Waals surface area contributed by atoms with E-state index >= 15 is 0 Å². The molecule has 158 valence electrons. The average molecular weight is 431 g/mol. The average Bonchev–Trinajstić information content (AvgIpc) is 3.23. The van der Waals surface area contributed by atoms with E-state index in [1.165, 1.54) is 12.1 Å². The van der Waals surface area contributed by atoms with E-state index in [-0.39, 0.29) is 17.3 Å². The quantitative estimate of drug-likeness (QED) is 0.443. The minimum Gasteiger partial charge on any atom is -0.454 e. The molecule has 0 radical (unpaired) electrons. The number of hydrogen-bond donors (Lipinski definition) is 0. The summed E-state index contributed by atoms with van der Waals surface area (Å²) in [5.74, 6) is -1.03. The van der Waals surface area contributed by atoms with Gasteiger partial charge in [0.1, 0.15) is 12.1 Å². The normalized spacial score (nSPS) is 11.6. The van der Waals surface area contributed by atoms with Crippen LogP contribution in [0.4, 0.5) is 13.2 Å². The molecule has 2 heterocycles. The van der Waals surface area contributed by atoms with Crippen LogP contribution in [-0.2, 0) is 28.9 Å². The van der Waals surface area contributed by atoms with Crippen LogP contribution in [0, 0.1) is 0 Å². The van der Waals surface area contributed by atoms with E-state index in [1.54, 1.807) is 24.3 Å². The molecule has 0 saturated carbocycles. The van der Waals surface area contributed by atoms with Gasteiger partial charge in [0.05, 0.1) is 10.9 Å². The summed E-state index contributed by atoms with van der Waals surface area (Å²) in [7, 11) is 0. The van der Waals surface area contributed by atoms with Gasteiger partial charge in [0, 0.05) is 5.56 Å². The van der Waals surface area contributed by atoms with Gasteiger partial charge >= 0.3 is 12.1 Å². The molecule has 0 unspecified atom stereocenters. The molecule has 0 aliphatic heterocycles. The van der Waals surface area contributed by atoms with Crippen molar-refractivity contribution in [3.05, 3.63) is 70.3 Å². The van der Waals surface area contributed by atoms with Crippen LogP contribution in [0.2, 0.25) is 0 Å². The summed E-state index contributed by atoms with van der Waals surface area (Å²) in [6, 6.07) is 10.9. The molecule has 0 bridgehead atoms. The third-order valence-electron chi connectivity index (χ3n) is 4.18. The number of aromatic nitrogens is 5. The topological polar surface area (TPSA) is 113 Å². The summed E-state index contributed by atoms with van der Waals surface area (Å²) >= 11 is 0. The number of carbonyl (C=O) groups excluding carboxylic acids is 1. The SMILES string of the molecule is O=C(Cn1nnc2ccccc2c1=O)OCc1nc(-c2cccc(C(F)(F)F)c2)no1. The van der Waals surface area contributed by atoms with Crippen LogP contribution in [0.15, 0.2) is 57.8 Å². The highest BCUT2D eigenvalue weighted by molar-refractivity contribution is 5.77. The number of esters is 1.